The number of aliphatic hydroxyl groups excluding tert-OH is 3. The lowest BCUT2D eigenvalue weighted by atomic mass is 9.87. The lowest BCUT2D eigenvalue weighted by molar-refractivity contribution is -0.365. The number of ether oxygens (including phenoxy) is 6. The van der Waals surface area contributed by atoms with Crippen LogP contribution in [-0.4, -0.2) is 83.1 Å². The second-order valence-electron chi connectivity index (χ2n) is 11.1. The third kappa shape index (κ3) is 5.95. The van der Waals surface area contributed by atoms with Gasteiger partial charge in [0.1, 0.15) is 48.9 Å². The standard InChI is InChI=1S/C30H34O14/c1-2-3-4-5-14-6-15(43-44-29-26(35)25(34)22(42-30(29)36)12-37-24(33)10-23(31)32)7-17-27(14)38-11-18-16-8-20-21(40-13-39-20)9-19(16)41-28(17)18/h6-9,18,22,25-26,28-30,34-36H,2-5,10-13H2,1H3,(H,31,32)/t18-,22+,25+,26-,28+,29-,30+/m0/s1. The molecule has 6 rings (SSSR count). The Balaban J connectivity index is 1.18. The van der Waals surface area contributed by atoms with E-state index < -0.39 is 55.7 Å². The largest absolute Gasteiger partial charge is 0.492 e. The van der Waals surface area contributed by atoms with E-state index in [2.05, 4.69) is 6.92 Å². The highest BCUT2D eigenvalue weighted by Crippen LogP contribution is 2.55. The van der Waals surface area contributed by atoms with E-state index in [9.17, 15) is 24.9 Å². The predicted octanol–water partition coefficient (Wildman–Crippen LogP) is 1.89. The number of hydrogen-bond acceptors (Lipinski definition) is 13. The van der Waals surface area contributed by atoms with E-state index in [1.807, 2.05) is 12.1 Å². The normalized spacial score (nSPS) is 27.8. The van der Waals surface area contributed by atoms with Gasteiger partial charge in [0.25, 0.3) is 0 Å². The number of hydrogen-bond donors (Lipinski definition) is 4. The summed E-state index contributed by atoms with van der Waals surface area (Å²) in [6.45, 7) is 2.08. The van der Waals surface area contributed by atoms with Crippen LogP contribution in [0.4, 0.5) is 0 Å². The van der Waals surface area contributed by atoms with Crippen molar-refractivity contribution in [2.24, 2.45) is 0 Å². The highest BCUT2D eigenvalue weighted by Gasteiger charge is 2.47. The van der Waals surface area contributed by atoms with Gasteiger partial charge in [0.15, 0.2) is 29.6 Å². The van der Waals surface area contributed by atoms with Gasteiger partial charge in [-0.15, -0.1) is 0 Å². The maximum Gasteiger partial charge on any atom is 0.317 e. The molecule has 7 atom stereocenters. The molecule has 0 amide bonds. The zero-order valence-electron chi connectivity index (χ0n) is 23.9. The van der Waals surface area contributed by atoms with Crippen LogP contribution < -0.4 is 23.8 Å². The van der Waals surface area contributed by atoms with Crippen molar-refractivity contribution in [1.29, 1.82) is 0 Å². The molecular formula is C30H34O14. The minimum Gasteiger partial charge on any atom is -0.492 e. The maximum absolute atomic E-state index is 11.5. The van der Waals surface area contributed by atoms with Crippen molar-refractivity contribution >= 4 is 11.9 Å². The Morgan fingerprint density at radius 2 is 1.75 bits per heavy atom. The van der Waals surface area contributed by atoms with Crippen LogP contribution in [0.3, 0.4) is 0 Å². The fourth-order valence-corrected chi connectivity index (χ4v) is 5.84. The summed E-state index contributed by atoms with van der Waals surface area (Å²) in [6, 6.07) is 7.21. The molecule has 0 spiro atoms. The number of benzene rings is 2. The second kappa shape index (κ2) is 12.7. The zero-order chi connectivity index (χ0) is 31.0. The van der Waals surface area contributed by atoms with Gasteiger partial charge >= 0.3 is 11.9 Å². The van der Waals surface area contributed by atoms with Gasteiger partial charge in [-0.1, -0.05) is 19.8 Å². The van der Waals surface area contributed by atoms with Crippen molar-refractivity contribution in [3.8, 4) is 28.7 Å². The molecule has 238 valence electrons. The minimum absolute atomic E-state index is 0.112. The van der Waals surface area contributed by atoms with E-state index in [0.717, 1.165) is 36.0 Å². The lowest BCUT2D eigenvalue weighted by Crippen LogP contribution is -2.59. The molecule has 14 nitrogen and oxygen atoms in total. The van der Waals surface area contributed by atoms with Crippen LogP contribution in [0.15, 0.2) is 24.3 Å². The highest BCUT2D eigenvalue weighted by atomic mass is 17.2. The topological polar surface area (TPSA) is 189 Å². The molecule has 4 heterocycles. The summed E-state index contributed by atoms with van der Waals surface area (Å²) >= 11 is 0. The van der Waals surface area contributed by atoms with Gasteiger partial charge in [-0.2, -0.15) is 4.89 Å². The average Bonchev–Trinajstić information content (AvgIpc) is 3.60. The van der Waals surface area contributed by atoms with E-state index in [0.29, 0.717) is 36.0 Å². The Labute approximate surface area is 251 Å². The fourth-order valence-electron chi connectivity index (χ4n) is 5.84. The molecule has 4 aliphatic heterocycles. The van der Waals surface area contributed by atoms with Crippen LogP contribution in [0.2, 0.25) is 0 Å². The predicted molar refractivity (Wildman–Crippen MR) is 145 cm³/mol. The Morgan fingerprint density at radius 1 is 0.955 bits per heavy atom. The zero-order valence-corrected chi connectivity index (χ0v) is 23.9. The molecule has 0 radical (unpaired) electrons. The Hall–Kier alpha value is -3.82. The average molecular weight is 619 g/mol. The Morgan fingerprint density at radius 3 is 2.52 bits per heavy atom. The molecule has 0 aliphatic carbocycles. The number of fused-ring (bicyclic) bond motifs is 6. The van der Waals surface area contributed by atoms with Gasteiger partial charge in [0.05, 0.1) is 12.5 Å². The van der Waals surface area contributed by atoms with E-state index in [-0.39, 0.29) is 24.6 Å². The van der Waals surface area contributed by atoms with Crippen LogP contribution in [0, 0.1) is 0 Å². The van der Waals surface area contributed by atoms with Crippen molar-refractivity contribution in [2.75, 3.05) is 20.0 Å². The molecule has 2 aromatic rings. The molecule has 44 heavy (non-hydrogen) atoms. The van der Waals surface area contributed by atoms with E-state index in [1.165, 1.54) is 0 Å². The van der Waals surface area contributed by atoms with Crippen molar-refractivity contribution < 1.29 is 68.2 Å². The second-order valence-corrected chi connectivity index (χ2v) is 11.1. The number of unbranched alkanes of at least 4 members (excludes halogenated alkanes) is 2. The molecule has 2 aromatic carbocycles. The number of carbonyl (C=O) groups is 2. The number of carboxylic acids is 1. The molecule has 1 fully saturated rings. The van der Waals surface area contributed by atoms with Gasteiger partial charge in [-0.05, 0) is 36.6 Å². The van der Waals surface area contributed by atoms with Crippen LogP contribution in [-0.2, 0) is 30.4 Å². The summed E-state index contributed by atoms with van der Waals surface area (Å²) < 4.78 is 33.8. The first-order valence-electron chi connectivity index (χ1n) is 14.5. The van der Waals surface area contributed by atoms with E-state index >= 15 is 0 Å². The van der Waals surface area contributed by atoms with E-state index in [4.69, 9.17) is 43.3 Å². The van der Waals surface area contributed by atoms with Gasteiger partial charge < -0.3 is 53.7 Å². The molecule has 0 aromatic heterocycles. The maximum atomic E-state index is 11.5. The first kappa shape index (κ1) is 30.2. The molecule has 4 aliphatic rings. The first-order valence-corrected chi connectivity index (χ1v) is 14.5. The molecule has 14 heteroatoms. The fraction of sp³-hybridized carbons (Fsp3) is 0.533. The van der Waals surface area contributed by atoms with Crippen LogP contribution in [0.25, 0.3) is 0 Å². The van der Waals surface area contributed by atoms with Crippen LogP contribution >= 0.6 is 0 Å². The summed E-state index contributed by atoms with van der Waals surface area (Å²) in [4.78, 5) is 33.2. The first-order chi connectivity index (χ1) is 21.2. The summed E-state index contributed by atoms with van der Waals surface area (Å²) in [5.74, 6) is 0.346. The molecular weight excluding hydrogens is 584 g/mol. The monoisotopic (exact) mass is 618 g/mol. The third-order valence-electron chi connectivity index (χ3n) is 8.08. The number of carboxylic acid groups (broad SMARTS) is 1. The van der Waals surface area contributed by atoms with E-state index in [1.54, 1.807) is 12.1 Å². The lowest BCUT2D eigenvalue weighted by Gasteiger charge is -2.39. The molecule has 4 N–H and O–H groups in total. The Kier molecular flexibility index (Phi) is 8.69. The highest BCUT2D eigenvalue weighted by molar-refractivity contribution is 5.90. The van der Waals surface area contributed by atoms with Crippen molar-refractivity contribution in [3.05, 3.63) is 41.0 Å². The number of carbonyl (C=O) groups excluding carboxylic acids is 1. The number of rotatable bonds is 11. The smallest absolute Gasteiger partial charge is 0.317 e. The number of aryl methyl sites for hydroxylation is 1. The summed E-state index contributed by atoms with van der Waals surface area (Å²) in [5.41, 5.74) is 2.57. The quantitative estimate of drug-likeness (QED) is 0.0939. The molecule has 1 saturated heterocycles. The van der Waals surface area contributed by atoms with Crippen molar-refractivity contribution in [1.82, 2.24) is 0 Å². The van der Waals surface area contributed by atoms with Gasteiger partial charge in [0, 0.05) is 17.2 Å². The Bertz CT molecular complexity index is 1390. The number of esters is 1. The van der Waals surface area contributed by atoms with Crippen LogP contribution in [0.5, 0.6) is 28.7 Å². The van der Waals surface area contributed by atoms with Crippen molar-refractivity contribution in [2.45, 2.75) is 81.8 Å². The summed E-state index contributed by atoms with van der Waals surface area (Å²) in [6.07, 6.45) is -5.61. The molecule has 0 saturated carbocycles. The van der Waals surface area contributed by atoms with Crippen molar-refractivity contribution in [3.63, 3.8) is 0 Å². The van der Waals surface area contributed by atoms with Gasteiger partial charge in [0.2, 0.25) is 6.79 Å². The number of aliphatic hydroxyl groups is 3. The van der Waals surface area contributed by atoms with Gasteiger partial charge in [-0.25, -0.2) is 0 Å². The minimum atomic E-state index is -1.77. The summed E-state index contributed by atoms with van der Waals surface area (Å²) in [5, 5.41) is 40.4. The number of aliphatic carboxylic acids is 1. The molecule has 0 unspecified atom stereocenters. The van der Waals surface area contributed by atoms with Crippen LogP contribution in [0.1, 0.15) is 61.3 Å². The summed E-state index contributed by atoms with van der Waals surface area (Å²) in [7, 11) is 0. The van der Waals surface area contributed by atoms with Gasteiger partial charge in [-0.3, -0.25) is 9.59 Å². The molecule has 0 bridgehead atoms. The third-order valence-corrected chi connectivity index (χ3v) is 8.08. The SMILES string of the molecule is CCCCCc1cc(OO[C@H]2[C@@H](O)[C@H](O)[C@@H](COC(=O)CC(=O)O)O[C@H]2O)cc2c1OC[C@H]1c3cc4c(cc3O[C@H]21)OCO4.